The smallest absolute Gasteiger partial charge is 0.329 e. The van der Waals surface area contributed by atoms with Crippen LogP contribution in [0.3, 0.4) is 0 Å². The standard InChI is InChI=1S/C14H13BrF2N2O2/c15-8-5-9(16)12(10(17)6-8)19-11(20)7-14(18-13(19)21)3-1-2-4-14/h5-6H,1-4,7H2,(H,18,21). The van der Waals surface area contributed by atoms with Gasteiger partial charge in [0.05, 0.1) is 12.0 Å². The molecule has 0 aromatic heterocycles. The molecular weight excluding hydrogens is 346 g/mol. The van der Waals surface area contributed by atoms with E-state index in [2.05, 4.69) is 21.2 Å². The number of rotatable bonds is 1. The first-order valence-corrected chi connectivity index (χ1v) is 7.51. The zero-order valence-corrected chi connectivity index (χ0v) is 12.7. The van der Waals surface area contributed by atoms with Gasteiger partial charge in [0, 0.05) is 4.47 Å². The number of urea groups is 1. The zero-order chi connectivity index (χ0) is 15.2. The van der Waals surface area contributed by atoms with Gasteiger partial charge in [-0.1, -0.05) is 28.8 Å². The van der Waals surface area contributed by atoms with Gasteiger partial charge in [-0.2, -0.15) is 0 Å². The number of halogens is 3. The van der Waals surface area contributed by atoms with Crippen LogP contribution in [-0.4, -0.2) is 17.5 Å². The highest BCUT2D eigenvalue weighted by atomic mass is 79.9. The Morgan fingerprint density at radius 2 is 1.71 bits per heavy atom. The molecule has 1 spiro atoms. The summed E-state index contributed by atoms with van der Waals surface area (Å²) in [6.07, 6.45) is 3.41. The monoisotopic (exact) mass is 358 g/mol. The van der Waals surface area contributed by atoms with Gasteiger partial charge < -0.3 is 5.32 Å². The largest absolute Gasteiger partial charge is 0.331 e. The van der Waals surface area contributed by atoms with E-state index < -0.39 is 34.8 Å². The van der Waals surface area contributed by atoms with Crippen molar-refractivity contribution in [2.75, 3.05) is 4.90 Å². The molecule has 7 heteroatoms. The van der Waals surface area contributed by atoms with E-state index in [1.165, 1.54) is 0 Å². The van der Waals surface area contributed by atoms with Crippen LogP contribution in [0.25, 0.3) is 0 Å². The molecular formula is C14H13BrF2N2O2. The van der Waals surface area contributed by atoms with Crippen molar-refractivity contribution in [3.63, 3.8) is 0 Å². The average molecular weight is 359 g/mol. The van der Waals surface area contributed by atoms with Gasteiger partial charge in [-0.25, -0.2) is 18.5 Å². The minimum Gasteiger partial charge on any atom is -0.331 e. The minimum absolute atomic E-state index is 0.0771. The number of hydrogen-bond donors (Lipinski definition) is 1. The van der Waals surface area contributed by atoms with Crippen LogP contribution < -0.4 is 10.2 Å². The third-order valence-corrected chi connectivity index (χ3v) is 4.54. The molecule has 1 N–H and O–H groups in total. The Balaban J connectivity index is 1.97. The first-order valence-electron chi connectivity index (χ1n) is 6.71. The van der Waals surface area contributed by atoms with E-state index in [0.29, 0.717) is 4.90 Å². The number of carbonyl (C=O) groups is 2. The molecule has 21 heavy (non-hydrogen) atoms. The molecule has 0 bridgehead atoms. The van der Waals surface area contributed by atoms with E-state index in [1.54, 1.807) is 0 Å². The summed E-state index contributed by atoms with van der Waals surface area (Å²) >= 11 is 2.97. The van der Waals surface area contributed by atoms with Gasteiger partial charge in [-0.05, 0) is 25.0 Å². The van der Waals surface area contributed by atoms with Gasteiger partial charge >= 0.3 is 6.03 Å². The minimum atomic E-state index is -0.951. The van der Waals surface area contributed by atoms with Crippen LogP contribution >= 0.6 is 15.9 Å². The highest BCUT2D eigenvalue weighted by Crippen LogP contribution is 2.38. The fraction of sp³-hybridized carbons (Fsp3) is 0.429. The third-order valence-electron chi connectivity index (χ3n) is 4.08. The van der Waals surface area contributed by atoms with Crippen molar-refractivity contribution in [1.29, 1.82) is 0 Å². The number of nitrogens with one attached hydrogen (secondary N) is 1. The second kappa shape index (κ2) is 5.05. The lowest BCUT2D eigenvalue weighted by atomic mass is 9.90. The zero-order valence-electron chi connectivity index (χ0n) is 11.1. The summed E-state index contributed by atoms with van der Waals surface area (Å²) in [5, 5.41) is 2.76. The summed E-state index contributed by atoms with van der Waals surface area (Å²) in [4.78, 5) is 25.1. The maximum Gasteiger partial charge on any atom is 0.329 e. The first-order chi connectivity index (χ1) is 9.92. The van der Waals surface area contributed by atoms with E-state index in [9.17, 15) is 18.4 Å². The Morgan fingerprint density at radius 1 is 1.14 bits per heavy atom. The van der Waals surface area contributed by atoms with Crippen molar-refractivity contribution in [2.45, 2.75) is 37.6 Å². The Hall–Kier alpha value is -1.50. The lowest BCUT2D eigenvalue weighted by Crippen LogP contribution is -2.61. The molecule has 0 radical (unpaired) electrons. The summed E-state index contributed by atoms with van der Waals surface area (Å²) in [5.41, 5.74) is -1.15. The van der Waals surface area contributed by atoms with E-state index in [0.717, 1.165) is 37.8 Å². The predicted molar refractivity (Wildman–Crippen MR) is 75.9 cm³/mol. The van der Waals surface area contributed by atoms with Crippen LogP contribution in [0.1, 0.15) is 32.1 Å². The second-order valence-corrected chi connectivity index (χ2v) is 6.46. The summed E-state index contributed by atoms with van der Waals surface area (Å²) in [6.45, 7) is 0. The van der Waals surface area contributed by atoms with Gasteiger partial charge in [0.15, 0.2) is 11.6 Å². The summed E-state index contributed by atoms with van der Waals surface area (Å²) in [7, 11) is 0. The van der Waals surface area contributed by atoms with Crippen LogP contribution in [0.2, 0.25) is 0 Å². The fourth-order valence-corrected chi connectivity index (χ4v) is 3.54. The van der Waals surface area contributed by atoms with Crippen LogP contribution in [0, 0.1) is 11.6 Å². The number of anilines is 1. The van der Waals surface area contributed by atoms with Gasteiger partial charge in [0.25, 0.3) is 0 Å². The molecule has 1 saturated carbocycles. The lowest BCUT2D eigenvalue weighted by Gasteiger charge is -2.38. The first kappa shape index (κ1) is 14.4. The van der Waals surface area contributed by atoms with Gasteiger partial charge in [0.1, 0.15) is 5.69 Å². The van der Waals surface area contributed by atoms with Crippen LogP contribution in [0.15, 0.2) is 16.6 Å². The molecule has 1 aliphatic heterocycles. The number of benzene rings is 1. The Labute approximate surface area is 128 Å². The number of hydrogen-bond acceptors (Lipinski definition) is 2. The lowest BCUT2D eigenvalue weighted by molar-refractivity contribution is -0.120. The van der Waals surface area contributed by atoms with Gasteiger partial charge in [-0.3, -0.25) is 4.79 Å². The Kier molecular flexibility index (Phi) is 3.47. The SMILES string of the molecule is O=C1CC2(CCCC2)NC(=O)N1c1c(F)cc(Br)cc1F. The molecule has 112 valence electrons. The van der Waals surface area contributed by atoms with E-state index >= 15 is 0 Å². The topological polar surface area (TPSA) is 49.4 Å². The number of nitrogens with zero attached hydrogens (tertiary/aromatic N) is 1. The van der Waals surface area contributed by atoms with Crippen molar-refractivity contribution >= 4 is 33.6 Å². The normalized spacial score (nSPS) is 21.0. The van der Waals surface area contributed by atoms with Crippen molar-refractivity contribution in [3.8, 4) is 0 Å². The highest BCUT2D eigenvalue weighted by Gasteiger charge is 2.46. The molecule has 2 fully saturated rings. The van der Waals surface area contributed by atoms with Crippen LogP contribution in [0.5, 0.6) is 0 Å². The van der Waals surface area contributed by atoms with Crippen molar-refractivity contribution in [1.82, 2.24) is 5.32 Å². The van der Waals surface area contributed by atoms with Crippen molar-refractivity contribution in [2.24, 2.45) is 0 Å². The van der Waals surface area contributed by atoms with E-state index in [-0.39, 0.29) is 10.9 Å². The van der Waals surface area contributed by atoms with E-state index in [1.807, 2.05) is 0 Å². The average Bonchev–Trinajstić information content (AvgIpc) is 2.79. The molecule has 1 aromatic carbocycles. The second-order valence-electron chi connectivity index (χ2n) is 5.54. The maximum absolute atomic E-state index is 14.0. The molecule has 0 unspecified atom stereocenters. The van der Waals surface area contributed by atoms with Crippen LogP contribution in [0.4, 0.5) is 19.3 Å². The Bertz CT molecular complexity index is 586. The molecule has 1 heterocycles. The molecule has 3 rings (SSSR count). The van der Waals surface area contributed by atoms with Gasteiger partial charge in [0.2, 0.25) is 5.91 Å². The molecule has 2 aliphatic rings. The van der Waals surface area contributed by atoms with Crippen molar-refractivity contribution in [3.05, 3.63) is 28.2 Å². The summed E-state index contributed by atoms with van der Waals surface area (Å²) in [5.74, 6) is -2.47. The number of carbonyl (C=O) groups excluding carboxylic acids is 2. The number of imide groups is 1. The van der Waals surface area contributed by atoms with Gasteiger partial charge in [-0.15, -0.1) is 0 Å². The molecule has 0 atom stereocenters. The quantitative estimate of drug-likeness (QED) is 0.835. The van der Waals surface area contributed by atoms with Crippen molar-refractivity contribution < 1.29 is 18.4 Å². The van der Waals surface area contributed by atoms with Crippen LogP contribution in [-0.2, 0) is 4.79 Å². The fourth-order valence-electron chi connectivity index (χ4n) is 3.14. The maximum atomic E-state index is 14.0. The summed E-state index contributed by atoms with van der Waals surface area (Å²) in [6, 6.07) is 1.30. The van der Waals surface area contributed by atoms with E-state index in [4.69, 9.17) is 0 Å². The summed E-state index contributed by atoms with van der Waals surface area (Å²) < 4.78 is 28.1. The molecule has 3 amide bonds. The molecule has 4 nitrogen and oxygen atoms in total. The number of amides is 3. The molecule has 1 aromatic rings. The molecule has 1 aliphatic carbocycles. The Morgan fingerprint density at radius 3 is 2.24 bits per heavy atom. The third kappa shape index (κ3) is 2.43. The molecule has 1 saturated heterocycles. The predicted octanol–water partition coefficient (Wildman–Crippen LogP) is 3.49. The highest BCUT2D eigenvalue weighted by molar-refractivity contribution is 9.10.